The predicted octanol–water partition coefficient (Wildman–Crippen LogP) is 5.27. The number of ether oxygens (including phenoxy) is 1. The van der Waals surface area contributed by atoms with Crippen molar-refractivity contribution in [3.8, 4) is 0 Å². The van der Waals surface area contributed by atoms with E-state index in [-0.39, 0.29) is 17.7 Å². The fraction of sp³-hybridized carbons (Fsp3) is 0.318. The topological polar surface area (TPSA) is 69.4 Å². The number of nitrogens with zero attached hydrogens (tertiary/aromatic N) is 1. The third-order valence-electron chi connectivity index (χ3n) is 4.44. The minimum absolute atomic E-state index is 0.0133. The second-order valence-electron chi connectivity index (χ2n) is 7.63. The van der Waals surface area contributed by atoms with Crippen molar-refractivity contribution < 1.29 is 14.5 Å². The molecule has 0 spiro atoms. The molecule has 0 unspecified atom stereocenters. The molecule has 5 heteroatoms. The molecule has 0 atom stereocenters. The van der Waals surface area contributed by atoms with E-state index in [2.05, 4.69) is 32.9 Å². The molecule has 0 aliphatic carbocycles. The van der Waals surface area contributed by atoms with Crippen molar-refractivity contribution >= 4 is 17.7 Å². The summed E-state index contributed by atoms with van der Waals surface area (Å²) in [7, 11) is 0. The lowest BCUT2D eigenvalue weighted by atomic mass is 9.84. The van der Waals surface area contributed by atoms with Gasteiger partial charge in [-0.15, -0.1) is 0 Å². The highest BCUT2D eigenvalue weighted by atomic mass is 16.6. The van der Waals surface area contributed by atoms with Gasteiger partial charge < -0.3 is 4.74 Å². The maximum Gasteiger partial charge on any atom is 0.331 e. The van der Waals surface area contributed by atoms with E-state index in [0.29, 0.717) is 5.56 Å². The predicted molar refractivity (Wildman–Crippen MR) is 107 cm³/mol. The van der Waals surface area contributed by atoms with Gasteiger partial charge in [0.15, 0.2) is 0 Å². The normalized spacial score (nSPS) is 11.6. The second kappa shape index (κ2) is 8.16. The number of hydrogen-bond acceptors (Lipinski definition) is 4. The lowest BCUT2D eigenvalue weighted by Gasteiger charge is -2.22. The summed E-state index contributed by atoms with van der Waals surface area (Å²) in [4.78, 5) is 22.2. The first-order chi connectivity index (χ1) is 12.6. The zero-order valence-electron chi connectivity index (χ0n) is 16.4. The Hall–Kier alpha value is -2.95. The van der Waals surface area contributed by atoms with E-state index in [1.807, 2.05) is 13.8 Å². The highest BCUT2D eigenvalue weighted by Crippen LogP contribution is 2.27. The van der Waals surface area contributed by atoms with Crippen LogP contribution in [0.15, 0.2) is 42.5 Å². The molecule has 0 fully saturated rings. The van der Waals surface area contributed by atoms with Crippen molar-refractivity contribution in [1.82, 2.24) is 0 Å². The second-order valence-corrected chi connectivity index (χ2v) is 7.63. The molecule has 0 aromatic heterocycles. The van der Waals surface area contributed by atoms with Crippen molar-refractivity contribution in [3.63, 3.8) is 0 Å². The van der Waals surface area contributed by atoms with Gasteiger partial charge in [0.2, 0.25) is 0 Å². The smallest absolute Gasteiger partial charge is 0.331 e. The summed E-state index contributed by atoms with van der Waals surface area (Å²) in [6.07, 6.45) is 2.91. The van der Waals surface area contributed by atoms with Gasteiger partial charge in [-0.25, -0.2) is 4.79 Å². The van der Waals surface area contributed by atoms with Gasteiger partial charge >= 0.3 is 5.97 Å². The van der Waals surface area contributed by atoms with Crippen molar-refractivity contribution in [2.75, 3.05) is 0 Å². The quantitative estimate of drug-likeness (QED) is 0.313. The van der Waals surface area contributed by atoms with Gasteiger partial charge in [0.05, 0.1) is 4.92 Å². The Balaban J connectivity index is 2.02. The van der Waals surface area contributed by atoms with E-state index in [9.17, 15) is 14.9 Å². The van der Waals surface area contributed by atoms with Crippen LogP contribution in [0, 0.1) is 24.0 Å². The van der Waals surface area contributed by atoms with Crippen molar-refractivity contribution in [3.05, 3.63) is 80.4 Å². The summed E-state index contributed by atoms with van der Waals surface area (Å²) in [5, 5.41) is 10.6. The summed E-state index contributed by atoms with van der Waals surface area (Å²) in [6, 6.07) is 10.2. The first-order valence-corrected chi connectivity index (χ1v) is 8.78. The summed E-state index contributed by atoms with van der Waals surface area (Å²) in [6.45, 7) is 10.8. The number of rotatable bonds is 5. The molecule has 0 aliphatic rings. The molecular formula is C22H25NO4. The van der Waals surface area contributed by atoms with Gasteiger partial charge in [0, 0.05) is 18.2 Å². The van der Waals surface area contributed by atoms with Crippen molar-refractivity contribution in [2.45, 2.75) is 46.6 Å². The number of aryl methyl sites for hydroxylation is 2. The Morgan fingerprint density at radius 1 is 1.11 bits per heavy atom. The molecule has 2 aromatic carbocycles. The molecule has 0 saturated heterocycles. The fourth-order valence-electron chi connectivity index (χ4n) is 2.72. The number of esters is 1. The summed E-state index contributed by atoms with van der Waals surface area (Å²) >= 11 is 0. The Bertz CT molecular complexity index is 851. The van der Waals surface area contributed by atoms with Crippen LogP contribution in [0.2, 0.25) is 0 Å². The average Bonchev–Trinajstić information content (AvgIpc) is 2.58. The lowest BCUT2D eigenvalue weighted by Crippen LogP contribution is -2.13. The molecule has 0 heterocycles. The number of hydrogen-bond donors (Lipinski definition) is 0. The van der Waals surface area contributed by atoms with Crippen LogP contribution in [0.5, 0.6) is 0 Å². The van der Waals surface area contributed by atoms with Gasteiger partial charge in [0.25, 0.3) is 5.69 Å². The van der Waals surface area contributed by atoms with Crippen LogP contribution < -0.4 is 0 Å². The maximum atomic E-state index is 12.0. The maximum absolute atomic E-state index is 12.0. The SMILES string of the molecule is Cc1cc(C(C)(C)C)cc(C)c1COC(=O)/C=C/c1ccc([N+](=O)[O-])cc1. The average molecular weight is 367 g/mol. The molecule has 0 radical (unpaired) electrons. The fourth-order valence-corrected chi connectivity index (χ4v) is 2.72. The highest BCUT2D eigenvalue weighted by molar-refractivity contribution is 5.87. The summed E-state index contributed by atoms with van der Waals surface area (Å²) in [5.74, 6) is -0.452. The first-order valence-electron chi connectivity index (χ1n) is 8.78. The van der Waals surface area contributed by atoms with Gasteiger partial charge in [-0.05, 0) is 65.3 Å². The first kappa shape index (κ1) is 20.4. The van der Waals surface area contributed by atoms with Crippen LogP contribution in [0.1, 0.15) is 48.6 Å². The number of nitro groups is 1. The summed E-state index contributed by atoms with van der Waals surface area (Å²) < 4.78 is 5.36. The Morgan fingerprint density at radius 3 is 2.15 bits per heavy atom. The number of carbonyl (C=O) groups excluding carboxylic acids is 1. The van der Waals surface area contributed by atoms with E-state index in [1.54, 1.807) is 18.2 Å². The van der Waals surface area contributed by atoms with Crippen LogP contribution in [0.4, 0.5) is 5.69 Å². The molecule has 142 valence electrons. The van der Waals surface area contributed by atoms with Crippen molar-refractivity contribution in [2.24, 2.45) is 0 Å². The van der Waals surface area contributed by atoms with E-state index in [1.165, 1.54) is 23.8 Å². The molecule has 0 amide bonds. The molecule has 27 heavy (non-hydrogen) atoms. The van der Waals surface area contributed by atoms with Crippen LogP contribution in [-0.4, -0.2) is 10.9 Å². The number of carbonyl (C=O) groups is 1. The molecule has 2 aromatic rings. The van der Waals surface area contributed by atoms with E-state index >= 15 is 0 Å². The third kappa shape index (κ3) is 5.51. The molecule has 0 N–H and O–H groups in total. The molecule has 0 bridgehead atoms. The van der Waals surface area contributed by atoms with E-state index in [4.69, 9.17) is 4.74 Å². The minimum atomic E-state index is -0.461. The van der Waals surface area contributed by atoms with Gasteiger partial charge in [-0.2, -0.15) is 0 Å². The Labute approximate surface area is 159 Å². The number of benzene rings is 2. The molecule has 0 saturated carbocycles. The molecular weight excluding hydrogens is 342 g/mol. The van der Waals surface area contributed by atoms with Crippen LogP contribution in [-0.2, 0) is 21.6 Å². The van der Waals surface area contributed by atoms with Crippen LogP contribution in [0.25, 0.3) is 6.08 Å². The zero-order valence-corrected chi connectivity index (χ0v) is 16.4. The Morgan fingerprint density at radius 2 is 1.67 bits per heavy atom. The van der Waals surface area contributed by atoms with Crippen molar-refractivity contribution in [1.29, 1.82) is 0 Å². The lowest BCUT2D eigenvalue weighted by molar-refractivity contribution is -0.384. The van der Waals surface area contributed by atoms with Crippen LogP contribution >= 0.6 is 0 Å². The summed E-state index contributed by atoms with van der Waals surface area (Å²) in [5.41, 5.74) is 5.25. The monoisotopic (exact) mass is 367 g/mol. The number of non-ortho nitro benzene ring substituents is 1. The van der Waals surface area contributed by atoms with Gasteiger partial charge in [-0.1, -0.05) is 32.9 Å². The van der Waals surface area contributed by atoms with E-state index < -0.39 is 10.9 Å². The standard InChI is InChI=1S/C22H25NO4/c1-15-12-18(22(3,4)5)13-16(2)20(15)14-27-21(24)11-8-17-6-9-19(10-7-17)23(25)26/h6-13H,14H2,1-5H3/b11-8+. The largest absolute Gasteiger partial charge is 0.458 e. The zero-order chi connectivity index (χ0) is 20.2. The van der Waals surface area contributed by atoms with Gasteiger partial charge in [-0.3, -0.25) is 10.1 Å². The molecule has 2 rings (SSSR count). The highest BCUT2D eigenvalue weighted by Gasteiger charge is 2.16. The van der Waals surface area contributed by atoms with E-state index in [0.717, 1.165) is 16.7 Å². The minimum Gasteiger partial charge on any atom is -0.458 e. The van der Waals surface area contributed by atoms with Gasteiger partial charge in [0.1, 0.15) is 6.61 Å². The molecule has 5 nitrogen and oxygen atoms in total. The third-order valence-corrected chi connectivity index (χ3v) is 4.44. The Kier molecular flexibility index (Phi) is 6.16. The number of nitro benzene ring substituents is 1. The van der Waals surface area contributed by atoms with Crippen LogP contribution in [0.3, 0.4) is 0 Å². The molecule has 0 aliphatic heterocycles.